The molecule has 0 amide bonds. The van der Waals surface area contributed by atoms with Gasteiger partial charge in [0.2, 0.25) is 0 Å². The molecule has 76 valence electrons. The van der Waals surface area contributed by atoms with E-state index in [1.807, 2.05) is 0 Å². The van der Waals surface area contributed by atoms with E-state index < -0.39 is 0 Å². The molecule has 1 fully saturated rings. The van der Waals surface area contributed by atoms with Gasteiger partial charge >= 0.3 is 0 Å². The van der Waals surface area contributed by atoms with Gasteiger partial charge in [0.1, 0.15) is 0 Å². The molecular formula is C12H22O. The van der Waals surface area contributed by atoms with Crippen LogP contribution >= 0.6 is 0 Å². The highest BCUT2D eigenvalue weighted by molar-refractivity contribution is 5.12. The second-order valence-corrected chi connectivity index (χ2v) is 5.09. The zero-order valence-corrected chi connectivity index (χ0v) is 9.30. The van der Waals surface area contributed by atoms with Crippen molar-refractivity contribution in [3.8, 4) is 0 Å². The maximum atomic E-state index is 9.79. The van der Waals surface area contributed by atoms with E-state index in [-0.39, 0.29) is 6.10 Å². The Balaban J connectivity index is 2.55. The van der Waals surface area contributed by atoms with Crippen molar-refractivity contribution >= 4 is 0 Å². The Hall–Kier alpha value is -0.300. The van der Waals surface area contributed by atoms with Gasteiger partial charge in [0.15, 0.2) is 0 Å². The number of allylic oxidation sites excluding steroid dienone is 1. The second kappa shape index (κ2) is 3.45. The minimum absolute atomic E-state index is 0.112. The quantitative estimate of drug-likeness (QED) is 0.663. The molecule has 1 rings (SSSR count). The Labute approximate surface area is 81.9 Å². The van der Waals surface area contributed by atoms with Crippen molar-refractivity contribution in [2.45, 2.75) is 46.6 Å². The summed E-state index contributed by atoms with van der Waals surface area (Å²) in [5.41, 5.74) is 1.57. The Morgan fingerprint density at radius 2 is 2.08 bits per heavy atom. The van der Waals surface area contributed by atoms with Gasteiger partial charge in [-0.05, 0) is 37.0 Å². The third kappa shape index (κ3) is 1.96. The highest BCUT2D eigenvalue weighted by Gasteiger charge is 2.59. The lowest BCUT2D eigenvalue weighted by Gasteiger charge is -2.08. The zero-order chi connectivity index (χ0) is 10.2. The number of hydrogen-bond donors (Lipinski definition) is 1. The van der Waals surface area contributed by atoms with Crippen LogP contribution in [0, 0.1) is 17.3 Å². The lowest BCUT2D eigenvalue weighted by Crippen LogP contribution is -2.11. The van der Waals surface area contributed by atoms with E-state index >= 15 is 0 Å². The summed E-state index contributed by atoms with van der Waals surface area (Å²) in [4.78, 5) is 0. The van der Waals surface area contributed by atoms with Gasteiger partial charge in [0.05, 0.1) is 6.10 Å². The molecule has 0 aromatic carbocycles. The Bertz CT molecular complexity index is 205. The first-order chi connectivity index (χ1) is 5.91. The van der Waals surface area contributed by atoms with Crippen LogP contribution in [0.15, 0.2) is 12.2 Å². The van der Waals surface area contributed by atoms with E-state index in [0.717, 1.165) is 12.8 Å². The van der Waals surface area contributed by atoms with Gasteiger partial charge in [0, 0.05) is 0 Å². The molecule has 0 aliphatic heterocycles. The van der Waals surface area contributed by atoms with Crippen molar-refractivity contribution in [1.29, 1.82) is 0 Å². The fourth-order valence-electron chi connectivity index (χ4n) is 2.57. The summed E-state index contributed by atoms with van der Waals surface area (Å²) in [6.45, 7) is 12.6. The fraction of sp³-hybridized carbons (Fsp3) is 0.833. The van der Waals surface area contributed by atoms with Crippen LogP contribution in [-0.2, 0) is 0 Å². The molecule has 1 aliphatic rings. The predicted molar refractivity (Wildman–Crippen MR) is 56.5 cm³/mol. The number of aliphatic hydroxyl groups is 1. The first kappa shape index (κ1) is 10.8. The van der Waals surface area contributed by atoms with Gasteiger partial charge in [-0.3, -0.25) is 0 Å². The van der Waals surface area contributed by atoms with Crippen molar-refractivity contribution < 1.29 is 5.11 Å². The van der Waals surface area contributed by atoms with E-state index in [2.05, 4.69) is 34.3 Å². The largest absolute Gasteiger partial charge is 0.393 e. The van der Waals surface area contributed by atoms with Crippen LogP contribution in [-0.4, -0.2) is 11.2 Å². The molecule has 0 saturated heterocycles. The fourth-order valence-corrected chi connectivity index (χ4v) is 2.57. The monoisotopic (exact) mass is 182 g/mol. The van der Waals surface area contributed by atoms with Crippen LogP contribution in [0.4, 0.5) is 0 Å². The van der Waals surface area contributed by atoms with Gasteiger partial charge < -0.3 is 5.11 Å². The minimum atomic E-state index is -0.112. The topological polar surface area (TPSA) is 20.2 Å². The molecule has 0 spiro atoms. The van der Waals surface area contributed by atoms with Gasteiger partial charge in [-0.15, -0.1) is 6.58 Å². The highest BCUT2D eigenvalue weighted by Crippen LogP contribution is 2.62. The van der Waals surface area contributed by atoms with Crippen molar-refractivity contribution in [3.05, 3.63) is 12.2 Å². The smallest absolute Gasteiger partial charge is 0.0573 e. The number of hydrogen-bond acceptors (Lipinski definition) is 1. The molecule has 13 heavy (non-hydrogen) atoms. The molecule has 1 heteroatoms. The number of aliphatic hydroxyl groups excluding tert-OH is 1. The Morgan fingerprint density at radius 3 is 2.46 bits per heavy atom. The molecule has 1 aliphatic carbocycles. The standard InChI is InChI=1S/C12H22O/c1-6-10(13)11-9(7-8(2)3)12(11,4)5/h9-11,13H,2,6-7H2,1,3-5H3. The van der Waals surface area contributed by atoms with E-state index in [1.54, 1.807) is 0 Å². The van der Waals surface area contributed by atoms with Crippen molar-refractivity contribution in [1.82, 2.24) is 0 Å². The van der Waals surface area contributed by atoms with Gasteiger partial charge in [-0.1, -0.05) is 26.3 Å². The molecule has 0 bridgehead atoms. The van der Waals surface area contributed by atoms with E-state index in [1.165, 1.54) is 5.57 Å². The molecule has 1 nitrogen and oxygen atoms in total. The summed E-state index contributed by atoms with van der Waals surface area (Å²) in [7, 11) is 0. The summed E-state index contributed by atoms with van der Waals surface area (Å²) in [5.74, 6) is 1.15. The molecular weight excluding hydrogens is 160 g/mol. The van der Waals surface area contributed by atoms with Gasteiger partial charge in [-0.25, -0.2) is 0 Å². The van der Waals surface area contributed by atoms with Gasteiger partial charge in [0.25, 0.3) is 0 Å². The van der Waals surface area contributed by atoms with Crippen LogP contribution in [0.3, 0.4) is 0 Å². The second-order valence-electron chi connectivity index (χ2n) is 5.09. The summed E-state index contributed by atoms with van der Waals surface area (Å²) in [6.07, 6.45) is 1.84. The molecule has 3 atom stereocenters. The predicted octanol–water partition coefficient (Wildman–Crippen LogP) is 3.00. The average Bonchev–Trinajstić information content (AvgIpc) is 2.51. The first-order valence-electron chi connectivity index (χ1n) is 5.23. The maximum Gasteiger partial charge on any atom is 0.0573 e. The van der Waals surface area contributed by atoms with Crippen molar-refractivity contribution in [2.75, 3.05) is 0 Å². The summed E-state index contributed by atoms with van der Waals surface area (Å²) in [5, 5.41) is 9.79. The average molecular weight is 182 g/mol. The summed E-state index contributed by atoms with van der Waals surface area (Å²) >= 11 is 0. The van der Waals surface area contributed by atoms with Crippen molar-refractivity contribution in [3.63, 3.8) is 0 Å². The van der Waals surface area contributed by atoms with Crippen LogP contribution in [0.2, 0.25) is 0 Å². The highest BCUT2D eigenvalue weighted by atomic mass is 16.3. The Kier molecular flexibility index (Phi) is 2.86. The molecule has 3 unspecified atom stereocenters. The molecule has 0 aromatic heterocycles. The van der Waals surface area contributed by atoms with Crippen LogP contribution < -0.4 is 0 Å². The third-order valence-electron chi connectivity index (χ3n) is 3.54. The molecule has 0 aromatic rings. The Morgan fingerprint density at radius 1 is 1.54 bits per heavy atom. The van der Waals surface area contributed by atoms with Gasteiger partial charge in [-0.2, -0.15) is 0 Å². The minimum Gasteiger partial charge on any atom is -0.393 e. The lowest BCUT2D eigenvalue weighted by atomic mass is 10.0. The third-order valence-corrected chi connectivity index (χ3v) is 3.54. The maximum absolute atomic E-state index is 9.79. The van der Waals surface area contributed by atoms with Crippen LogP contribution in [0.25, 0.3) is 0 Å². The van der Waals surface area contributed by atoms with E-state index in [0.29, 0.717) is 17.3 Å². The van der Waals surface area contributed by atoms with Crippen molar-refractivity contribution in [2.24, 2.45) is 17.3 Å². The molecule has 0 radical (unpaired) electrons. The van der Waals surface area contributed by atoms with Crippen LogP contribution in [0.5, 0.6) is 0 Å². The van der Waals surface area contributed by atoms with E-state index in [9.17, 15) is 5.11 Å². The number of rotatable bonds is 4. The zero-order valence-electron chi connectivity index (χ0n) is 9.30. The molecule has 1 N–H and O–H groups in total. The molecule has 1 saturated carbocycles. The first-order valence-corrected chi connectivity index (χ1v) is 5.23. The SMILES string of the molecule is C=C(C)CC1C(C(O)CC)C1(C)C. The van der Waals surface area contributed by atoms with E-state index in [4.69, 9.17) is 0 Å². The molecule has 0 heterocycles. The summed E-state index contributed by atoms with van der Waals surface area (Å²) in [6, 6.07) is 0. The normalized spacial score (nSPS) is 32.7. The van der Waals surface area contributed by atoms with Crippen LogP contribution in [0.1, 0.15) is 40.5 Å². The lowest BCUT2D eigenvalue weighted by molar-refractivity contribution is 0.129. The summed E-state index contributed by atoms with van der Waals surface area (Å²) < 4.78 is 0.